The van der Waals surface area contributed by atoms with Crippen molar-refractivity contribution in [3.63, 3.8) is 0 Å². The molecule has 1 fully saturated rings. The van der Waals surface area contributed by atoms with Gasteiger partial charge in [-0.25, -0.2) is 4.79 Å². The average molecular weight is 302 g/mol. The van der Waals surface area contributed by atoms with Gasteiger partial charge in [-0.3, -0.25) is 4.79 Å². The van der Waals surface area contributed by atoms with E-state index in [0.717, 1.165) is 25.0 Å². The van der Waals surface area contributed by atoms with Crippen molar-refractivity contribution in [3.8, 4) is 0 Å². The number of urea groups is 1. The van der Waals surface area contributed by atoms with Gasteiger partial charge < -0.3 is 15.3 Å². The lowest BCUT2D eigenvalue weighted by Crippen LogP contribution is -2.52. The van der Waals surface area contributed by atoms with Crippen LogP contribution in [-0.2, 0) is 4.79 Å². The molecule has 0 aromatic carbocycles. The molecule has 0 spiro atoms. The number of thioether (sulfide) groups is 1. The number of carbonyl (C=O) groups excluding carboxylic acids is 1. The number of piperidine rings is 1. The van der Waals surface area contributed by atoms with E-state index in [-0.39, 0.29) is 6.03 Å². The fraction of sp³-hybridized carbons (Fsp3) is 0.857. The average Bonchev–Trinajstić information content (AvgIpc) is 2.46. The summed E-state index contributed by atoms with van der Waals surface area (Å²) in [5, 5.41) is 12.3. The molecule has 1 aliphatic rings. The zero-order chi connectivity index (χ0) is 15.0. The number of likely N-dealkylation sites (tertiary alicyclic amines) is 1. The van der Waals surface area contributed by atoms with E-state index in [1.54, 1.807) is 16.7 Å². The quantitative estimate of drug-likeness (QED) is 0.709. The molecule has 1 heterocycles. The fourth-order valence-corrected chi connectivity index (χ4v) is 3.09. The molecule has 5 nitrogen and oxygen atoms in total. The molecule has 0 aliphatic carbocycles. The van der Waals surface area contributed by atoms with Crippen LogP contribution in [0.5, 0.6) is 0 Å². The van der Waals surface area contributed by atoms with Crippen molar-refractivity contribution in [1.29, 1.82) is 0 Å². The molecule has 0 radical (unpaired) electrons. The molecule has 0 saturated carbocycles. The van der Waals surface area contributed by atoms with Crippen molar-refractivity contribution in [1.82, 2.24) is 10.2 Å². The minimum atomic E-state index is -0.780. The number of aliphatic carboxylic acids is 1. The summed E-state index contributed by atoms with van der Waals surface area (Å²) in [6, 6.07) is -0.118. The fourth-order valence-electron chi connectivity index (χ4n) is 2.60. The second-order valence-corrected chi connectivity index (χ2v) is 6.38. The van der Waals surface area contributed by atoms with Crippen molar-refractivity contribution < 1.29 is 14.7 Å². The third-order valence-corrected chi connectivity index (χ3v) is 4.74. The van der Waals surface area contributed by atoms with Crippen molar-refractivity contribution in [2.75, 3.05) is 31.6 Å². The molecular weight excluding hydrogens is 276 g/mol. The number of carboxylic acid groups (broad SMARTS) is 1. The lowest BCUT2D eigenvalue weighted by atomic mass is 9.78. The highest BCUT2D eigenvalue weighted by atomic mass is 32.2. The summed E-state index contributed by atoms with van der Waals surface area (Å²) >= 11 is 1.81. The first-order valence-corrected chi connectivity index (χ1v) is 8.70. The Labute approximate surface area is 125 Å². The molecule has 0 bridgehead atoms. The zero-order valence-corrected chi connectivity index (χ0v) is 13.3. The Morgan fingerprint density at radius 1 is 1.40 bits per heavy atom. The number of nitrogens with zero attached hydrogens (tertiary/aromatic N) is 1. The van der Waals surface area contributed by atoms with E-state index in [4.69, 9.17) is 0 Å². The van der Waals surface area contributed by atoms with E-state index < -0.39 is 11.4 Å². The van der Waals surface area contributed by atoms with E-state index in [9.17, 15) is 14.7 Å². The van der Waals surface area contributed by atoms with Crippen LogP contribution in [-0.4, -0.2) is 53.6 Å². The Kier molecular flexibility index (Phi) is 7.19. The van der Waals surface area contributed by atoms with Crippen molar-refractivity contribution in [3.05, 3.63) is 0 Å². The normalized spacial score (nSPS) is 22.6. The predicted octanol–water partition coefficient (Wildman–Crippen LogP) is 2.42. The van der Waals surface area contributed by atoms with Gasteiger partial charge in [0.15, 0.2) is 0 Å². The minimum Gasteiger partial charge on any atom is -0.481 e. The molecule has 2 N–H and O–H groups in total. The number of nitrogens with one attached hydrogen (secondary N) is 1. The van der Waals surface area contributed by atoms with E-state index >= 15 is 0 Å². The highest BCUT2D eigenvalue weighted by molar-refractivity contribution is 7.98. The smallest absolute Gasteiger partial charge is 0.317 e. The summed E-state index contributed by atoms with van der Waals surface area (Å²) in [4.78, 5) is 25.2. The van der Waals surface area contributed by atoms with E-state index in [1.807, 2.05) is 6.92 Å². The third kappa shape index (κ3) is 4.58. The number of hydrogen-bond donors (Lipinski definition) is 2. The maximum absolute atomic E-state index is 12.1. The predicted molar refractivity (Wildman–Crippen MR) is 82.2 cm³/mol. The number of carboxylic acids is 1. The van der Waals surface area contributed by atoms with Gasteiger partial charge in [-0.05, 0) is 44.1 Å². The lowest BCUT2D eigenvalue weighted by Gasteiger charge is -2.39. The molecule has 1 atom stereocenters. The molecular formula is C14H26N2O3S. The minimum absolute atomic E-state index is 0.118. The van der Waals surface area contributed by atoms with Crippen LogP contribution in [0.25, 0.3) is 0 Å². The Morgan fingerprint density at radius 3 is 2.75 bits per heavy atom. The van der Waals surface area contributed by atoms with E-state index in [1.165, 1.54) is 0 Å². The van der Waals surface area contributed by atoms with Gasteiger partial charge in [-0.1, -0.05) is 6.92 Å². The summed E-state index contributed by atoms with van der Waals surface area (Å²) in [7, 11) is 0. The Bertz CT molecular complexity index is 338. The molecule has 1 unspecified atom stereocenters. The third-order valence-electron chi connectivity index (χ3n) is 4.05. The monoisotopic (exact) mass is 302 g/mol. The van der Waals surface area contributed by atoms with Crippen LogP contribution in [0.15, 0.2) is 0 Å². The van der Waals surface area contributed by atoms with Gasteiger partial charge in [-0.15, -0.1) is 0 Å². The Hall–Kier alpha value is -0.910. The number of amides is 2. The SMILES string of the molecule is CCC1(C(=O)O)CCCN(C(=O)NCCCCSC)C1. The summed E-state index contributed by atoms with van der Waals surface area (Å²) < 4.78 is 0. The maximum Gasteiger partial charge on any atom is 0.317 e. The molecule has 20 heavy (non-hydrogen) atoms. The van der Waals surface area contributed by atoms with Crippen molar-refractivity contribution >= 4 is 23.8 Å². The van der Waals surface area contributed by atoms with Crippen LogP contribution in [0.4, 0.5) is 4.79 Å². The van der Waals surface area contributed by atoms with Crippen LogP contribution in [0.3, 0.4) is 0 Å². The Balaban J connectivity index is 2.42. The summed E-state index contributed by atoms with van der Waals surface area (Å²) in [5.41, 5.74) is -0.756. The lowest BCUT2D eigenvalue weighted by molar-refractivity contribution is -0.152. The molecule has 1 saturated heterocycles. The van der Waals surface area contributed by atoms with Gasteiger partial charge in [-0.2, -0.15) is 11.8 Å². The summed E-state index contributed by atoms with van der Waals surface area (Å²) in [6.45, 7) is 3.54. The molecule has 6 heteroatoms. The van der Waals surface area contributed by atoms with Crippen LogP contribution in [0, 0.1) is 5.41 Å². The van der Waals surface area contributed by atoms with E-state index in [2.05, 4.69) is 11.6 Å². The van der Waals surface area contributed by atoms with Gasteiger partial charge >= 0.3 is 12.0 Å². The molecule has 116 valence electrons. The molecule has 0 aromatic heterocycles. The largest absolute Gasteiger partial charge is 0.481 e. The van der Waals surface area contributed by atoms with Gasteiger partial charge in [0.1, 0.15) is 0 Å². The van der Waals surface area contributed by atoms with Gasteiger partial charge in [0.25, 0.3) is 0 Å². The van der Waals surface area contributed by atoms with Gasteiger partial charge in [0, 0.05) is 19.6 Å². The molecule has 1 rings (SSSR count). The maximum atomic E-state index is 12.1. The number of carbonyl (C=O) groups is 2. The Morgan fingerprint density at radius 2 is 2.15 bits per heavy atom. The van der Waals surface area contributed by atoms with Crippen LogP contribution < -0.4 is 5.32 Å². The zero-order valence-electron chi connectivity index (χ0n) is 12.5. The highest BCUT2D eigenvalue weighted by Gasteiger charge is 2.42. The molecule has 2 amide bonds. The second kappa shape index (κ2) is 8.39. The van der Waals surface area contributed by atoms with Crippen molar-refractivity contribution in [2.24, 2.45) is 5.41 Å². The standard InChI is InChI=1S/C14H26N2O3S/c1-3-14(12(17)18)7-6-9-16(11-14)13(19)15-8-4-5-10-20-2/h3-11H2,1-2H3,(H,15,19)(H,17,18). The van der Waals surface area contributed by atoms with E-state index in [0.29, 0.717) is 32.5 Å². The molecule has 1 aliphatic heterocycles. The van der Waals surface area contributed by atoms with Gasteiger partial charge in [0.2, 0.25) is 0 Å². The number of hydrogen-bond acceptors (Lipinski definition) is 3. The highest BCUT2D eigenvalue weighted by Crippen LogP contribution is 2.33. The van der Waals surface area contributed by atoms with Crippen LogP contribution in [0.2, 0.25) is 0 Å². The first kappa shape index (κ1) is 17.1. The summed E-state index contributed by atoms with van der Waals surface area (Å²) in [5.74, 6) is 0.329. The molecule has 0 aromatic rings. The van der Waals surface area contributed by atoms with Gasteiger partial charge in [0.05, 0.1) is 5.41 Å². The first-order chi connectivity index (χ1) is 9.55. The van der Waals surface area contributed by atoms with Crippen LogP contribution in [0.1, 0.15) is 39.0 Å². The topological polar surface area (TPSA) is 69.6 Å². The first-order valence-electron chi connectivity index (χ1n) is 7.31. The number of rotatable bonds is 7. The summed E-state index contributed by atoms with van der Waals surface area (Å²) in [6.07, 6.45) is 6.13. The second-order valence-electron chi connectivity index (χ2n) is 5.40. The van der Waals surface area contributed by atoms with Crippen molar-refractivity contribution in [2.45, 2.75) is 39.0 Å². The number of unbranched alkanes of at least 4 members (excludes halogenated alkanes) is 1. The van der Waals surface area contributed by atoms with Crippen LogP contribution >= 0.6 is 11.8 Å².